The Labute approximate surface area is 326 Å². The highest BCUT2D eigenvalue weighted by molar-refractivity contribution is 6.19. The van der Waals surface area contributed by atoms with Crippen molar-refractivity contribution >= 4 is 49.8 Å². The molecule has 0 bridgehead atoms. The van der Waals surface area contributed by atoms with Gasteiger partial charge in [-0.2, -0.15) is 0 Å². The van der Waals surface area contributed by atoms with Gasteiger partial charge in [-0.05, 0) is 107 Å². The van der Waals surface area contributed by atoms with E-state index in [0.29, 0.717) is 0 Å². The van der Waals surface area contributed by atoms with E-state index in [0.717, 1.165) is 39.7 Å². The zero-order valence-corrected chi connectivity index (χ0v) is 31.3. The lowest BCUT2D eigenvalue weighted by Gasteiger charge is -2.28. The Morgan fingerprint density at radius 3 is 1.96 bits per heavy atom. The van der Waals surface area contributed by atoms with Crippen molar-refractivity contribution in [2.45, 2.75) is 19.3 Å². The predicted octanol–water partition coefficient (Wildman–Crippen LogP) is 13.6. The summed E-state index contributed by atoms with van der Waals surface area (Å²) in [4.78, 5) is 7.05. The second kappa shape index (κ2) is 12.4. The molecule has 1 aliphatic carbocycles. The highest BCUT2D eigenvalue weighted by Crippen LogP contribution is 2.51. The predicted molar refractivity (Wildman–Crippen MR) is 233 cm³/mol. The van der Waals surface area contributed by atoms with Crippen molar-refractivity contribution in [2.75, 3.05) is 4.90 Å². The highest BCUT2D eigenvalue weighted by atomic mass is 15.1. The Hall–Kier alpha value is -7.17. The Morgan fingerprint density at radius 2 is 1.18 bits per heavy atom. The van der Waals surface area contributed by atoms with Crippen molar-refractivity contribution in [3.05, 3.63) is 206 Å². The molecular weight excluding hydrogens is 681 g/mol. The third-order valence-electron chi connectivity index (χ3n) is 11.8. The van der Waals surface area contributed by atoms with Crippen LogP contribution in [0.25, 0.3) is 66.5 Å². The number of rotatable bonds is 6. The summed E-state index contributed by atoms with van der Waals surface area (Å²) in [5.41, 5.74) is 16.4. The standard InChI is InChI=1S/C52H38N4/c1-52(2)46-18-10-9-17-42(46)43-28-25-41(34-47(43)52)55(39-23-20-35(21-24-39)48-19-11-12-31-53-48)40-26-29-49-45(33-40)44-27-22-36-30-32-54(37-13-5-3-6-14-37)50(36)51(44)56(49)38-15-7-4-8-16-38/h3-34H,1-2H3. The number of pyridine rings is 1. The number of anilines is 3. The van der Waals surface area contributed by atoms with Crippen molar-refractivity contribution in [1.82, 2.24) is 14.1 Å². The highest BCUT2D eigenvalue weighted by Gasteiger charge is 2.35. The Morgan fingerprint density at radius 1 is 0.500 bits per heavy atom. The molecule has 0 spiro atoms. The van der Waals surface area contributed by atoms with E-state index in [1.807, 2.05) is 18.3 Å². The molecule has 0 radical (unpaired) electrons. The van der Waals surface area contributed by atoms with Crippen LogP contribution >= 0.6 is 0 Å². The molecule has 56 heavy (non-hydrogen) atoms. The molecule has 4 nitrogen and oxygen atoms in total. The summed E-state index contributed by atoms with van der Waals surface area (Å²) in [5, 5.41) is 3.62. The third kappa shape index (κ3) is 4.89. The minimum Gasteiger partial charge on any atom is -0.315 e. The van der Waals surface area contributed by atoms with Crippen molar-refractivity contribution in [3.63, 3.8) is 0 Å². The van der Waals surface area contributed by atoms with E-state index < -0.39 is 0 Å². The molecule has 0 unspecified atom stereocenters. The molecule has 7 aromatic carbocycles. The van der Waals surface area contributed by atoms with Gasteiger partial charge >= 0.3 is 0 Å². The summed E-state index contributed by atoms with van der Waals surface area (Å²) >= 11 is 0. The monoisotopic (exact) mass is 718 g/mol. The van der Waals surface area contributed by atoms with Gasteiger partial charge in [0.2, 0.25) is 0 Å². The summed E-state index contributed by atoms with van der Waals surface area (Å²) in [6.07, 6.45) is 4.05. The molecule has 4 heteroatoms. The zero-order valence-electron chi connectivity index (χ0n) is 31.3. The molecule has 0 atom stereocenters. The molecule has 0 fully saturated rings. The lowest BCUT2D eigenvalue weighted by atomic mass is 9.82. The van der Waals surface area contributed by atoms with Crippen LogP contribution in [0.15, 0.2) is 194 Å². The van der Waals surface area contributed by atoms with Crippen LogP contribution in [-0.2, 0) is 5.41 Å². The number of benzene rings is 7. The summed E-state index contributed by atoms with van der Waals surface area (Å²) in [6, 6.07) is 66.0. The molecule has 3 heterocycles. The molecule has 0 amide bonds. The van der Waals surface area contributed by atoms with Crippen molar-refractivity contribution < 1.29 is 0 Å². The third-order valence-corrected chi connectivity index (χ3v) is 11.8. The van der Waals surface area contributed by atoms with Gasteiger partial charge in [-0.1, -0.05) is 111 Å². The lowest BCUT2D eigenvalue weighted by molar-refractivity contribution is 0.660. The van der Waals surface area contributed by atoms with E-state index in [1.165, 1.54) is 55.0 Å². The second-order valence-electron chi connectivity index (χ2n) is 15.3. The number of fused-ring (bicyclic) bond motifs is 8. The molecule has 11 rings (SSSR count). The molecule has 266 valence electrons. The first kappa shape index (κ1) is 32.3. The first-order chi connectivity index (χ1) is 27.5. The van der Waals surface area contributed by atoms with Gasteiger partial charge in [-0.25, -0.2) is 0 Å². The van der Waals surface area contributed by atoms with E-state index in [4.69, 9.17) is 0 Å². The topological polar surface area (TPSA) is 26.0 Å². The van der Waals surface area contributed by atoms with Gasteiger partial charge in [0.15, 0.2) is 0 Å². The number of hydrogen-bond acceptors (Lipinski definition) is 2. The summed E-state index contributed by atoms with van der Waals surface area (Å²) in [5.74, 6) is 0. The number of hydrogen-bond donors (Lipinski definition) is 0. The maximum atomic E-state index is 4.63. The number of aromatic nitrogens is 3. The van der Waals surface area contributed by atoms with E-state index in [1.54, 1.807) is 0 Å². The average molecular weight is 719 g/mol. The molecule has 0 aliphatic heterocycles. The summed E-state index contributed by atoms with van der Waals surface area (Å²) < 4.78 is 4.77. The van der Waals surface area contributed by atoms with Crippen LogP contribution in [0.2, 0.25) is 0 Å². The minimum absolute atomic E-state index is 0.122. The fourth-order valence-electron chi connectivity index (χ4n) is 9.09. The van der Waals surface area contributed by atoms with E-state index >= 15 is 0 Å². The van der Waals surface area contributed by atoms with Crippen molar-refractivity contribution in [1.29, 1.82) is 0 Å². The average Bonchev–Trinajstić information content (AvgIpc) is 3.91. The van der Waals surface area contributed by atoms with Crippen LogP contribution in [0.3, 0.4) is 0 Å². The summed E-state index contributed by atoms with van der Waals surface area (Å²) in [7, 11) is 0. The molecule has 0 N–H and O–H groups in total. The SMILES string of the molecule is CC1(C)c2ccccc2-c2ccc(N(c3ccc(-c4ccccn4)cc3)c3ccc4c(c3)c3ccc5ccn(-c6ccccc6)c5c3n4-c3ccccc3)cc21. The quantitative estimate of drug-likeness (QED) is 0.171. The lowest BCUT2D eigenvalue weighted by Crippen LogP contribution is -2.16. The Bertz CT molecular complexity index is 3080. The van der Waals surface area contributed by atoms with Crippen molar-refractivity contribution in [3.8, 4) is 33.8 Å². The maximum Gasteiger partial charge on any atom is 0.0788 e. The van der Waals surface area contributed by atoms with Crippen LogP contribution in [0.4, 0.5) is 17.1 Å². The zero-order chi connectivity index (χ0) is 37.4. The van der Waals surface area contributed by atoms with Crippen LogP contribution in [-0.4, -0.2) is 14.1 Å². The van der Waals surface area contributed by atoms with Crippen molar-refractivity contribution in [2.24, 2.45) is 0 Å². The molecule has 3 aromatic heterocycles. The molecule has 0 saturated heterocycles. The van der Waals surface area contributed by atoms with E-state index in [2.05, 4.69) is 209 Å². The van der Waals surface area contributed by atoms with E-state index in [9.17, 15) is 0 Å². The molecular formula is C52H38N4. The first-order valence-corrected chi connectivity index (χ1v) is 19.3. The van der Waals surface area contributed by atoms with Crippen LogP contribution < -0.4 is 4.90 Å². The van der Waals surface area contributed by atoms with Gasteiger partial charge in [-0.3, -0.25) is 4.98 Å². The molecule has 10 aromatic rings. The van der Waals surface area contributed by atoms with Gasteiger partial charge in [0, 0.05) is 68.0 Å². The number of nitrogens with zero attached hydrogens (tertiary/aromatic N) is 4. The second-order valence-corrected chi connectivity index (χ2v) is 15.3. The molecule has 0 saturated carbocycles. The van der Waals surface area contributed by atoms with Crippen LogP contribution in [0.5, 0.6) is 0 Å². The van der Waals surface area contributed by atoms with Gasteiger partial charge in [0.25, 0.3) is 0 Å². The van der Waals surface area contributed by atoms with Gasteiger partial charge in [-0.15, -0.1) is 0 Å². The minimum atomic E-state index is -0.122. The Balaban J connectivity index is 1.16. The van der Waals surface area contributed by atoms with Gasteiger partial charge < -0.3 is 14.0 Å². The Kier molecular flexibility index (Phi) is 7.17. The summed E-state index contributed by atoms with van der Waals surface area (Å²) in [6.45, 7) is 4.70. The van der Waals surface area contributed by atoms with Crippen LogP contribution in [0.1, 0.15) is 25.0 Å². The first-order valence-electron chi connectivity index (χ1n) is 19.3. The molecule has 1 aliphatic rings. The maximum absolute atomic E-state index is 4.63. The largest absolute Gasteiger partial charge is 0.315 e. The number of para-hydroxylation sites is 2. The van der Waals surface area contributed by atoms with Gasteiger partial charge in [0.05, 0.1) is 22.2 Å². The fourth-order valence-corrected chi connectivity index (χ4v) is 9.09. The van der Waals surface area contributed by atoms with Crippen LogP contribution in [0, 0.1) is 0 Å². The van der Waals surface area contributed by atoms with E-state index in [-0.39, 0.29) is 5.41 Å². The fraction of sp³-hybridized carbons (Fsp3) is 0.0577. The smallest absolute Gasteiger partial charge is 0.0788 e. The van der Waals surface area contributed by atoms with Gasteiger partial charge in [0.1, 0.15) is 0 Å². The normalized spacial score (nSPS) is 13.0.